The molecule has 0 aliphatic carbocycles. The van der Waals surface area contributed by atoms with Crippen LogP contribution in [0.2, 0.25) is 0 Å². The van der Waals surface area contributed by atoms with Crippen LogP contribution in [0.4, 0.5) is 8.78 Å². The fraction of sp³-hybridized carbons (Fsp3) is 0.375. The molecule has 0 radical (unpaired) electrons. The van der Waals surface area contributed by atoms with Crippen molar-refractivity contribution in [3.05, 3.63) is 30.1 Å². The number of aromatic nitrogens is 1. The Kier molecular flexibility index (Phi) is 2.38. The second-order valence-corrected chi connectivity index (χ2v) is 2.72. The molecule has 2 nitrogen and oxygen atoms in total. The molecule has 1 rings (SSSR count). The molecule has 0 bridgehead atoms. The number of pyridine rings is 1. The third-order valence-electron chi connectivity index (χ3n) is 1.59. The third-order valence-corrected chi connectivity index (χ3v) is 1.59. The number of alkyl halides is 2. The smallest absolute Gasteiger partial charge is 0.264 e. The fourth-order valence-electron chi connectivity index (χ4n) is 0.853. The van der Waals surface area contributed by atoms with Gasteiger partial charge in [-0.1, -0.05) is 6.07 Å². The van der Waals surface area contributed by atoms with Crippen molar-refractivity contribution >= 4 is 0 Å². The average molecular weight is 172 g/mol. The molecule has 0 fully saturated rings. The van der Waals surface area contributed by atoms with E-state index in [2.05, 4.69) is 4.98 Å². The van der Waals surface area contributed by atoms with Gasteiger partial charge in [0.1, 0.15) is 0 Å². The molecule has 0 spiro atoms. The van der Waals surface area contributed by atoms with Crippen molar-refractivity contribution in [1.29, 1.82) is 0 Å². The molecule has 12 heavy (non-hydrogen) atoms. The summed E-state index contributed by atoms with van der Waals surface area (Å²) in [5.41, 5.74) is 5.63. The highest BCUT2D eigenvalue weighted by Gasteiger charge is 2.31. The summed E-state index contributed by atoms with van der Waals surface area (Å²) in [7, 11) is 0. The van der Waals surface area contributed by atoms with E-state index in [1.54, 1.807) is 6.07 Å². The van der Waals surface area contributed by atoms with Gasteiger partial charge in [0.25, 0.3) is 5.92 Å². The molecule has 1 heterocycles. The molecule has 0 aliphatic heterocycles. The monoisotopic (exact) mass is 172 g/mol. The van der Waals surface area contributed by atoms with Crippen LogP contribution in [0, 0.1) is 0 Å². The first-order valence-electron chi connectivity index (χ1n) is 3.55. The van der Waals surface area contributed by atoms with Crippen molar-refractivity contribution in [3.63, 3.8) is 0 Å². The van der Waals surface area contributed by atoms with Crippen LogP contribution in [0.15, 0.2) is 24.5 Å². The van der Waals surface area contributed by atoms with Gasteiger partial charge in [-0.2, -0.15) is 0 Å². The zero-order valence-electron chi connectivity index (χ0n) is 6.67. The predicted molar refractivity (Wildman–Crippen MR) is 41.8 cm³/mol. The zero-order chi connectivity index (χ0) is 9.19. The van der Waals surface area contributed by atoms with Crippen LogP contribution in [-0.2, 0) is 0 Å². The van der Waals surface area contributed by atoms with Crippen LogP contribution in [-0.4, -0.2) is 10.9 Å². The van der Waals surface area contributed by atoms with Gasteiger partial charge < -0.3 is 5.73 Å². The van der Waals surface area contributed by atoms with Crippen molar-refractivity contribution < 1.29 is 8.78 Å². The number of hydrogen-bond donors (Lipinski definition) is 1. The van der Waals surface area contributed by atoms with Gasteiger partial charge >= 0.3 is 0 Å². The number of halogens is 2. The van der Waals surface area contributed by atoms with E-state index in [4.69, 9.17) is 5.73 Å². The minimum atomic E-state index is -2.90. The van der Waals surface area contributed by atoms with E-state index in [1.807, 2.05) is 0 Å². The highest BCUT2D eigenvalue weighted by Crippen LogP contribution is 2.27. The second-order valence-electron chi connectivity index (χ2n) is 2.72. The van der Waals surface area contributed by atoms with Gasteiger partial charge in [-0.3, -0.25) is 4.98 Å². The molecule has 0 amide bonds. The average Bonchev–Trinajstić information content (AvgIpc) is 2.03. The van der Waals surface area contributed by atoms with E-state index in [1.165, 1.54) is 18.5 Å². The van der Waals surface area contributed by atoms with Crippen LogP contribution in [0.25, 0.3) is 0 Å². The van der Waals surface area contributed by atoms with Crippen molar-refractivity contribution in [2.24, 2.45) is 5.73 Å². The van der Waals surface area contributed by atoms with E-state index in [9.17, 15) is 8.78 Å². The zero-order valence-corrected chi connectivity index (χ0v) is 6.67. The van der Waals surface area contributed by atoms with E-state index in [0.29, 0.717) is 5.56 Å². The van der Waals surface area contributed by atoms with Gasteiger partial charge in [0.15, 0.2) is 0 Å². The summed E-state index contributed by atoms with van der Waals surface area (Å²) in [6.45, 7) is 0.796. The molecule has 1 aromatic heterocycles. The fourth-order valence-corrected chi connectivity index (χ4v) is 0.853. The minimum absolute atomic E-state index is 0.352. The second kappa shape index (κ2) is 3.15. The Morgan fingerprint density at radius 1 is 1.58 bits per heavy atom. The Morgan fingerprint density at radius 3 is 2.67 bits per heavy atom. The molecule has 1 atom stereocenters. The van der Waals surface area contributed by atoms with Gasteiger partial charge in [-0.05, 0) is 11.6 Å². The van der Waals surface area contributed by atoms with E-state index in [-0.39, 0.29) is 0 Å². The van der Waals surface area contributed by atoms with Crippen LogP contribution in [0.1, 0.15) is 18.5 Å². The summed E-state index contributed by atoms with van der Waals surface area (Å²) in [5, 5.41) is 0. The summed E-state index contributed by atoms with van der Waals surface area (Å²) in [6.07, 6.45) is 2.87. The van der Waals surface area contributed by atoms with E-state index < -0.39 is 12.0 Å². The quantitative estimate of drug-likeness (QED) is 0.737. The van der Waals surface area contributed by atoms with Gasteiger partial charge in [0, 0.05) is 19.3 Å². The molecule has 4 heteroatoms. The highest BCUT2D eigenvalue weighted by molar-refractivity contribution is 5.15. The van der Waals surface area contributed by atoms with Gasteiger partial charge in [0.2, 0.25) is 0 Å². The molecule has 0 saturated heterocycles. The maximum Gasteiger partial charge on any atom is 0.264 e. The first-order chi connectivity index (χ1) is 5.52. The molecule has 1 aromatic rings. The standard InChI is InChI=1S/C8H10F2N2/c1-8(9,10)7(11)6-3-2-4-12-5-6/h2-5,7H,11H2,1H3. The molecular formula is C8H10F2N2. The normalized spacial score (nSPS) is 14.3. The van der Waals surface area contributed by atoms with Crippen molar-refractivity contribution in [2.75, 3.05) is 0 Å². The Morgan fingerprint density at radius 2 is 2.25 bits per heavy atom. The molecule has 0 aromatic carbocycles. The molecular weight excluding hydrogens is 162 g/mol. The lowest BCUT2D eigenvalue weighted by molar-refractivity contribution is -0.00628. The lowest BCUT2D eigenvalue weighted by Gasteiger charge is -2.18. The van der Waals surface area contributed by atoms with Crippen LogP contribution >= 0.6 is 0 Å². The molecule has 66 valence electrons. The van der Waals surface area contributed by atoms with Gasteiger partial charge in [-0.15, -0.1) is 0 Å². The van der Waals surface area contributed by atoms with Crippen LogP contribution in [0.5, 0.6) is 0 Å². The van der Waals surface area contributed by atoms with Gasteiger partial charge in [0.05, 0.1) is 6.04 Å². The Balaban J connectivity index is 2.86. The molecule has 0 aliphatic rings. The summed E-state index contributed by atoms with van der Waals surface area (Å²) in [6, 6.07) is 1.85. The summed E-state index contributed by atoms with van der Waals surface area (Å²) in [5.74, 6) is -2.90. The predicted octanol–water partition coefficient (Wildman–Crippen LogP) is 1.74. The molecule has 0 saturated carbocycles. The Hall–Kier alpha value is -1.03. The van der Waals surface area contributed by atoms with Crippen molar-refractivity contribution in [2.45, 2.75) is 18.9 Å². The van der Waals surface area contributed by atoms with Gasteiger partial charge in [-0.25, -0.2) is 8.78 Å². The largest absolute Gasteiger partial charge is 0.319 e. The Labute approximate surface area is 69.4 Å². The maximum atomic E-state index is 12.6. The highest BCUT2D eigenvalue weighted by atomic mass is 19.3. The van der Waals surface area contributed by atoms with Crippen LogP contribution < -0.4 is 5.73 Å². The number of rotatable bonds is 2. The topological polar surface area (TPSA) is 38.9 Å². The first-order valence-corrected chi connectivity index (χ1v) is 3.55. The van der Waals surface area contributed by atoms with E-state index >= 15 is 0 Å². The Bertz CT molecular complexity index is 243. The van der Waals surface area contributed by atoms with Crippen molar-refractivity contribution in [3.8, 4) is 0 Å². The minimum Gasteiger partial charge on any atom is -0.319 e. The number of hydrogen-bond acceptors (Lipinski definition) is 2. The van der Waals surface area contributed by atoms with E-state index in [0.717, 1.165) is 6.92 Å². The summed E-state index contributed by atoms with van der Waals surface area (Å²) in [4.78, 5) is 3.71. The van der Waals surface area contributed by atoms with Crippen molar-refractivity contribution in [1.82, 2.24) is 4.98 Å². The summed E-state index contributed by atoms with van der Waals surface area (Å²) < 4.78 is 25.3. The third kappa shape index (κ3) is 1.98. The SMILES string of the molecule is CC(F)(F)C(N)c1cccnc1. The lowest BCUT2D eigenvalue weighted by atomic mass is 10.1. The molecule has 2 N–H and O–H groups in total. The number of nitrogens with two attached hydrogens (primary N) is 1. The molecule has 1 unspecified atom stereocenters. The lowest BCUT2D eigenvalue weighted by Crippen LogP contribution is -2.29. The summed E-state index contributed by atoms with van der Waals surface area (Å²) >= 11 is 0. The van der Waals surface area contributed by atoms with Crippen LogP contribution in [0.3, 0.4) is 0 Å². The number of nitrogens with zero attached hydrogens (tertiary/aromatic N) is 1. The first kappa shape index (κ1) is 9.06. The maximum absolute atomic E-state index is 12.6.